The molecule has 0 unspecified atom stereocenters. The number of piperazine rings is 1. The van der Waals surface area contributed by atoms with E-state index in [0.717, 1.165) is 43.7 Å². The van der Waals surface area contributed by atoms with Crippen molar-refractivity contribution in [1.29, 1.82) is 0 Å². The van der Waals surface area contributed by atoms with Gasteiger partial charge >= 0.3 is 0 Å². The molecule has 0 radical (unpaired) electrons. The molecular weight excluding hydrogens is 252 g/mol. The summed E-state index contributed by atoms with van der Waals surface area (Å²) in [6, 6.07) is 0. The predicted molar refractivity (Wildman–Crippen MR) is 77.7 cm³/mol. The quantitative estimate of drug-likeness (QED) is 0.845. The maximum Gasteiger partial charge on any atom is 0.257 e. The van der Waals surface area contributed by atoms with E-state index in [4.69, 9.17) is 0 Å². The van der Waals surface area contributed by atoms with Crippen molar-refractivity contribution in [2.75, 3.05) is 19.6 Å². The predicted octanol–water partition coefficient (Wildman–Crippen LogP) is 1.48. The van der Waals surface area contributed by atoms with Gasteiger partial charge in [0.15, 0.2) is 0 Å². The van der Waals surface area contributed by atoms with Gasteiger partial charge in [-0.05, 0) is 19.8 Å². The maximum atomic E-state index is 13.0. The van der Waals surface area contributed by atoms with Crippen LogP contribution in [-0.2, 0) is 7.05 Å². The summed E-state index contributed by atoms with van der Waals surface area (Å²) in [5.41, 5.74) is 1.64. The number of carbonyl (C=O) groups is 1. The summed E-state index contributed by atoms with van der Waals surface area (Å²) in [4.78, 5) is 15.1. The van der Waals surface area contributed by atoms with Gasteiger partial charge in [-0.15, -0.1) is 0 Å². The fourth-order valence-electron chi connectivity index (χ4n) is 3.77. The standard InChI is InChI=1S/C15H24N4O/c1-12-13(10-18(2)17-12)14(20)19-9-8-16-11-15(19)6-4-3-5-7-15/h10,16H,3-9,11H2,1-2H3. The lowest BCUT2D eigenvalue weighted by molar-refractivity contribution is 0.0222. The van der Waals surface area contributed by atoms with Crippen LogP contribution in [0.3, 0.4) is 0 Å². The SMILES string of the molecule is Cc1nn(C)cc1C(=O)N1CCNCC12CCCCC2. The summed E-state index contributed by atoms with van der Waals surface area (Å²) in [5.74, 6) is 0.166. The first-order chi connectivity index (χ1) is 9.62. The zero-order valence-corrected chi connectivity index (χ0v) is 12.5. The van der Waals surface area contributed by atoms with Crippen LogP contribution in [0.25, 0.3) is 0 Å². The molecule has 1 aliphatic heterocycles. The Balaban J connectivity index is 1.89. The van der Waals surface area contributed by atoms with E-state index in [1.165, 1.54) is 19.3 Å². The third-order valence-electron chi connectivity index (χ3n) is 4.81. The Kier molecular flexibility index (Phi) is 3.54. The van der Waals surface area contributed by atoms with E-state index in [1.807, 2.05) is 20.2 Å². The second-order valence-electron chi connectivity index (χ2n) is 6.22. The molecule has 2 heterocycles. The molecule has 1 amide bonds. The number of rotatable bonds is 1. The molecule has 2 fully saturated rings. The smallest absolute Gasteiger partial charge is 0.257 e. The molecule has 1 N–H and O–H groups in total. The van der Waals surface area contributed by atoms with Crippen molar-refractivity contribution < 1.29 is 4.79 Å². The Hall–Kier alpha value is -1.36. The molecule has 1 saturated heterocycles. The van der Waals surface area contributed by atoms with Crippen molar-refractivity contribution in [2.24, 2.45) is 7.05 Å². The Bertz CT molecular complexity index is 494. The summed E-state index contributed by atoms with van der Waals surface area (Å²) < 4.78 is 1.73. The van der Waals surface area contributed by atoms with Crippen molar-refractivity contribution in [3.63, 3.8) is 0 Å². The summed E-state index contributed by atoms with van der Waals surface area (Å²) in [6.45, 7) is 4.57. The number of nitrogens with one attached hydrogen (secondary N) is 1. The van der Waals surface area contributed by atoms with E-state index in [2.05, 4.69) is 15.3 Å². The molecule has 110 valence electrons. The first kappa shape index (κ1) is 13.6. The average molecular weight is 276 g/mol. The number of aryl methyl sites for hydroxylation is 2. The van der Waals surface area contributed by atoms with Crippen LogP contribution in [0.1, 0.15) is 48.2 Å². The van der Waals surface area contributed by atoms with Gasteiger partial charge in [0.1, 0.15) is 0 Å². The molecule has 1 saturated carbocycles. The van der Waals surface area contributed by atoms with Gasteiger partial charge in [-0.25, -0.2) is 0 Å². The Morgan fingerprint density at radius 1 is 1.35 bits per heavy atom. The van der Waals surface area contributed by atoms with Crippen molar-refractivity contribution in [3.05, 3.63) is 17.5 Å². The van der Waals surface area contributed by atoms with Crippen molar-refractivity contribution >= 4 is 5.91 Å². The van der Waals surface area contributed by atoms with Crippen molar-refractivity contribution in [3.8, 4) is 0 Å². The van der Waals surface area contributed by atoms with Gasteiger partial charge in [0.05, 0.1) is 16.8 Å². The molecule has 1 aromatic rings. The number of amides is 1. The number of hydrogen-bond donors (Lipinski definition) is 1. The lowest BCUT2D eigenvalue weighted by atomic mass is 9.78. The van der Waals surface area contributed by atoms with E-state index < -0.39 is 0 Å². The molecule has 1 spiro atoms. The first-order valence-corrected chi connectivity index (χ1v) is 7.65. The lowest BCUT2D eigenvalue weighted by Gasteiger charge is -2.49. The minimum absolute atomic E-state index is 0.0376. The lowest BCUT2D eigenvalue weighted by Crippen LogP contribution is -2.63. The number of nitrogens with zero attached hydrogens (tertiary/aromatic N) is 3. The molecule has 3 rings (SSSR count). The largest absolute Gasteiger partial charge is 0.330 e. The van der Waals surface area contributed by atoms with E-state index in [9.17, 15) is 4.79 Å². The van der Waals surface area contributed by atoms with Crippen LogP contribution >= 0.6 is 0 Å². The number of hydrogen-bond acceptors (Lipinski definition) is 3. The Morgan fingerprint density at radius 2 is 2.10 bits per heavy atom. The van der Waals surface area contributed by atoms with E-state index in [1.54, 1.807) is 4.68 Å². The van der Waals surface area contributed by atoms with Gasteiger partial charge in [0.2, 0.25) is 0 Å². The molecular formula is C15H24N4O. The highest BCUT2D eigenvalue weighted by atomic mass is 16.2. The van der Waals surface area contributed by atoms with Crippen LogP contribution in [0.2, 0.25) is 0 Å². The van der Waals surface area contributed by atoms with Crippen LogP contribution in [0, 0.1) is 6.92 Å². The average Bonchev–Trinajstić information content (AvgIpc) is 2.78. The minimum Gasteiger partial charge on any atom is -0.330 e. The third-order valence-corrected chi connectivity index (χ3v) is 4.81. The van der Waals surface area contributed by atoms with Crippen LogP contribution in [0.15, 0.2) is 6.20 Å². The van der Waals surface area contributed by atoms with Gasteiger partial charge in [-0.1, -0.05) is 19.3 Å². The summed E-state index contributed by atoms with van der Waals surface area (Å²) in [6.07, 6.45) is 7.89. The zero-order valence-electron chi connectivity index (χ0n) is 12.5. The summed E-state index contributed by atoms with van der Waals surface area (Å²) in [7, 11) is 1.87. The van der Waals surface area contributed by atoms with Crippen LogP contribution in [0.5, 0.6) is 0 Å². The number of carbonyl (C=O) groups excluding carboxylic acids is 1. The monoisotopic (exact) mass is 276 g/mol. The van der Waals surface area contributed by atoms with Crippen LogP contribution in [-0.4, -0.2) is 45.8 Å². The molecule has 0 bridgehead atoms. The van der Waals surface area contributed by atoms with Gasteiger partial charge in [0, 0.05) is 32.9 Å². The zero-order chi connectivity index (χ0) is 14.2. The minimum atomic E-state index is 0.0376. The first-order valence-electron chi connectivity index (χ1n) is 7.65. The van der Waals surface area contributed by atoms with Gasteiger partial charge in [0.25, 0.3) is 5.91 Å². The maximum absolute atomic E-state index is 13.0. The van der Waals surface area contributed by atoms with Gasteiger partial charge < -0.3 is 10.2 Å². The second-order valence-corrected chi connectivity index (χ2v) is 6.22. The molecule has 5 nitrogen and oxygen atoms in total. The number of aromatic nitrogens is 2. The fourth-order valence-corrected chi connectivity index (χ4v) is 3.77. The van der Waals surface area contributed by atoms with E-state index >= 15 is 0 Å². The molecule has 1 aliphatic carbocycles. The van der Waals surface area contributed by atoms with Gasteiger partial charge in [-0.2, -0.15) is 5.10 Å². The molecule has 20 heavy (non-hydrogen) atoms. The van der Waals surface area contributed by atoms with Crippen molar-refractivity contribution in [1.82, 2.24) is 20.0 Å². The van der Waals surface area contributed by atoms with E-state index in [-0.39, 0.29) is 11.4 Å². The molecule has 0 aromatic carbocycles. The second kappa shape index (κ2) is 5.20. The van der Waals surface area contributed by atoms with Crippen molar-refractivity contribution in [2.45, 2.75) is 44.6 Å². The fraction of sp³-hybridized carbons (Fsp3) is 0.733. The topological polar surface area (TPSA) is 50.2 Å². The Morgan fingerprint density at radius 3 is 2.75 bits per heavy atom. The van der Waals surface area contributed by atoms with Crippen LogP contribution < -0.4 is 5.32 Å². The normalized spacial score (nSPS) is 22.2. The van der Waals surface area contributed by atoms with E-state index in [0.29, 0.717) is 0 Å². The highest BCUT2D eigenvalue weighted by Gasteiger charge is 2.42. The Labute approximate surface area is 120 Å². The van der Waals surface area contributed by atoms with Crippen LogP contribution in [0.4, 0.5) is 0 Å². The highest BCUT2D eigenvalue weighted by Crippen LogP contribution is 2.35. The molecule has 1 aromatic heterocycles. The molecule has 2 aliphatic rings. The van der Waals surface area contributed by atoms with Gasteiger partial charge in [-0.3, -0.25) is 9.48 Å². The third kappa shape index (κ3) is 2.24. The summed E-state index contributed by atoms with van der Waals surface area (Å²) >= 11 is 0. The summed E-state index contributed by atoms with van der Waals surface area (Å²) in [5, 5.41) is 7.80. The molecule has 5 heteroatoms. The highest BCUT2D eigenvalue weighted by molar-refractivity contribution is 5.95. The molecule has 0 atom stereocenters.